The van der Waals surface area contributed by atoms with E-state index in [-0.39, 0.29) is 5.95 Å². The Labute approximate surface area is 127 Å². The van der Waals surface area contributed by atoms with Crippen LogP contribution in [-0.2, 0) is 6.42 Å². The third kappa shape index (κ3) is 2.19. The SMILES string of the molecule is Oc1oc(-c2ccccc2)nc1C1=Nc2ccccc2CC1. The minimum atomic E-state index is -0.169. The van der Waals surface area contributed by atoms with E-state index in [1.54, 1.807) is 0 Å². The van der Waals surface area contributed by atoms with Gasteiger partial charge in [-0.05, 0) is 36.6 Å². The highest BCUT2D eigenvalue weighted by Crippen LogP contribution is 2.32. The number of nitrogens with zero attached hydrogens (tertiary/aromatic N) is 2. The zero-order valence-electron chi connectivity index (χ0n) is 11.9. The van der Waals surface area contributed by atoms with E-state index in [0.29, 0.717) is 11.6 Å². The van der Waals surface area contributed by atoms with Gasteiger partial charge in [-0.15, -0.1) is 0 Å². The molecular formula is C18H14N2O2. The average Bonchev–Trinajstić information content (AvgIpc) is 2.97. The van der Waals surface area contributed by atoms with E-state index in [9.17, 15) is 5.11 Å². The van der Waals surface area contributed by atoms with Crippen LogP contribution in [0.15, 0.2) is 64.0 Å². The predicted octanol–water partition coefficient (Wildman–Crippen LogP) is 4.11. The number of hydrogen-bond acceptors (Lipinski definition) is 4. The molecule has 0 unspecified atom stereocenters. The summed E-state index contributed by atoms with van der Waals surface area (Å²) in [5, 5.41) is 10.1. The van der Waals surface area contributed by atoms with Gasteiger partial charge in [-0.1, -0.05) is 36.4 Å². The molecule has 0 fully saturated rings. The van der Waals surface area contributed by atoms with Crippen molar-refractivity contribution in [2.75, 3.05) is 0 Å². The second-order valence-electron chi connectivity index (χ2n) is 5.23. The van der Waals surface area contributed by atoms with Crippen LogP contribution < -0.4 is 0 Å². The monoisotopic (exact) mass is 290 g/mol. The molecule has 3 aromatic rings. The number of oxazole rings is 1. The van der Waals surface area contributed by atoms with Crippen LogP contribution in [0.4, 0.5) is 5.69 Å². The molecule has 4 nitrogen and oxygen atoms in total. The second-order valence-corrected chi connectivity index (χ2v) is 5.23. The van der Waals surface area contributed by atoms with Crippen LogP contribution in [0.3, 0.4) is 0 Å². The summed E-state index contributed by atoms with van der Waals surface area (Å²) >= 11 is 0. The first-order valence-corrected chi connectivity index (χ1v) is 7.22. The third-order valence-electron chi connectivity index (χ3n) is 3.78. The lowest BCUT2D eigenvalue weighted by Gasteiger charge is -2.13. The number of hydrogen-bond donors (Lipinski definition) is 1. The maximum Gasteiger partial charge on any atom is 0.312 e. The first-order valence-electron chi connectivity index (χ1n) is 7.22. The van der Waals surface area contributed by atoms with E-state index < -0.39 is 0 Å². The van der Waals surface area contributed by atoms with E-state index in [0.717, 1.165) is 29.8 Å². The quantitative estimate of drug-likeness (QED) is 0.772. The van der Waals surface area contributed by atoms with Crippen molar-refractivity contribution < 1.29 is 9.52 Å². The van der Waals surface area contributed by atoms with Gasteiger partial charge in [-0.25, -0.2) is 4.98 Å². The fraction of sp³-hybridized carbons (Fsp3) is 0.111. The average molecular weight is 290 g/mol. The summed E-state index contributed by atoms with van der Waals surface area (Å²) in [5.74, 6) is 0.242. The zero-order chi connectivity index (χ0) is 14.9. The van der Waals surface area contributed by atoms with Gasteiger partial charge in [0.15, 0.2) is 5.69 Å². The van der Waals surface area contributed by atoms with E-state index >= 15 is 0 Å². The number of fused-ring (bicyclic) bond motifs is 1. The summed E-state index contributed by atoms with van der Waals surface area (Å²) in [6, 6.07) is 17.6. The van der Waals surface area contributed by atoms with Crippen molar-refractivity contribution in [3.05, 3.63) is 65.9 Å². The molecule has 0 atom stereocenters. The molecule has 2 aromatic carbocycles. The Hall–Kier alpha value is -2.88. The molecule has 0 saturated carbocycles. The number of benzene rings is 2. The molecule has 0 saturated heterocycles. The summed E-state index contributed by atoms with van der Waals surface area (Å²) in [4.78, 5) is 9.05. The standard InChI is InChI=1S/C18H14N2O2/c21-18-16(20-17(22-18)13-7-2-1-3-8-13)15-11-10-12-6-4-5-9-14(12)19-15/h1-9,21H,10-11H2. The fourth-order valence-corrected chi connectivity index (χ4v) is 2.66. The van der Waals surface area contributed by atoms with Crippen LogP contribution in [0, 0.1) is 0 Å². The topological polar surface area (TPSA) is 58.6 Å². The highest BCUT2D eigenvalue weighted by molar-refractivity contribution is 6.03. The predicted molar refractivity (Wildman–Crippen MR) is 84.6 cm³/mol. The lowest BCUT2D eigenvalue weighted by atomic mass is 10.0. The third-order valence-corrected chi connectivity index (χ3v) is 3.78. The molecule has 0 spiro atoms. The second kappa shape index (κ2) is 5.15. The van der Waals surface area contributed by atoms with E-state index in [2.05, 4.69) is 16.0 Å². The first kappa shape index (κ1) is 12.8. The van der Waals surface area contributed by atoms with Crippen molar-refractivity contribution in [2.24, 2.45) is 4.99 Å². The molecule has 0 amide bonds. The fourth-order valence-electron chi connectivity index (χ4n) is 2.66. The van der Waals surface area contributed by atoms with E-state index in [1.165, 1.54) is 5.56 Å². The lowest BCUT2D eigenvalue weighted by Crippen LogP contribution is -2.08. The van der Waals surface area contributed by atoms with Gasteiger partial charge in [-0.2, -0.15) is 0 Å². The number of aryl methyl sites for hydroxylation is 1. The number of para-hydroxylation sites is 1. The largest absolute Gasteiger partial charge is 0.479 e. The molecular weight excluding hydrogens is 276 g/mol. The minimum Gasteiger partial charge on any atom is -0.479 e. The number of aromatic hydroxyl groups is 1. The van der Waals surface area contributed by atoms with Crippen molar-refractivity contribution in [3.8, 4) is 17.4 Å². The highest BCUT2D eigenvalue weighted by Gasteiger charge is 2.21. The van der Waals surface area contributed by atoms with Crippen LogP contribution in [-0.4, -0.2) is 15.8 Å². The van der Waals surface area contributed by atoms with Crippen molar-refractivity contribution >= 4 is 11.4 Å². The molecule has 0 aliphatic carbocycles. The maximum absolute atomic E-state index is 10.1. The lowest BCUT2D eigenvalue weighted by molar-refractivity contribution is 0.336. The first-order chi connectivity index (χ1) is 10.8. The van der Waals surface area contributed by atoms with Crippen molar-refractivity contribution in [3.63, 3.8) is 0 Å². The van der Waals surface area contributed by atoms with Crippen LogP contribution in [0.2, 0.25) is 0 Å². The Balaban J connectivity index is 1.76. The molecule has 0 radical (unpaired) electrons. The van der Waals surface area contributed by atoms with E-state index in [4.69, 9.17) is 4.42 Å². The maximum atomic E-state index is 10.1. The molecule has 4 heteroatoms. The number of aliphatic imine (C=N–C) groups is 1. The van der Waals surface area contributed by atoms with Gasteiger partial charge in [0.2, 0.25) is 5.89 Å². The molecule has 22 heavy (non-hydrogen) atoms. The molecule has 1 aliphatic rings. The van der Waals surface area contributed by atoms with Crippen molar-refractivity contribution in [1.29, 1.82) is 0 Å². The molecule has 108 valence electrons. The van der Waals surface area contributed by atoms with Gasteiger partial charge in [0.05, 0.1) is 11.4 Å². The molecule has 0 bridgehead atoms. The molecule has 4 rings (SSSR count). The Morgan fingerprint density at radius 1 is 0.909 bits per heavy atom. The zero-order valence-corrected chi connectivity index (χ0v) is 11.9. The Morgan fingerprint density at radius 2 is 1.68 bits per heavy atom. The van der Waals surface area contributed by atoms with Gasteiger partial charge < -0.3 is 9.52 Å². The van der Waals surface area contributed by atoms with Crippen molar-refractivity contribution in [2.45, 2.75) is 12.8 Å². The van der Waals surface area contributed by atoms with Crippen LogP contribution in [0.25, 0.3) is 11.5 Å². The van der Waals surface area contributed by atoms with Gasteiger partial charge in [0, 0.05) is 5.56 Å². The normalized spacial score (nSPS) is 13.5. The molecule has 1 aromatic heterocycles. The minimum absolute atomic E-state index is 0.169. The van der Waals surface area contributed by atoms with E-state index in [1.807, 2.05) is 48.5 Å². The van der Waals surface area contributed by atoms with Gasteiger partial charge in [-0.3, -0.25) is 4.99 Å². The summed E-state index contributed by atoms with van der Waals surface area (Å²) in [5.41, 5.74) is 4.20. The molecule has 1 aliphatic heterocycles. The molecule has 1 N–H and O–H groups in total. The van der Waals surface area contributed by atoms with Crippen LogP contribution in [0.5, 0.6) is 5.95 Å². The molecule has 2 heterocycles. The van der Waals surface area contributed by atoms with Gasteiger partial charge in [0.1, 0.15) is 0 Å². The number of rotatable bonds is 2. The Morgan fingerprint density at radius 3 is 2.55 bits per heavy atom. The number of aromatic nitrogens is 1. The van der Waals surface area contributed by atoms with Crippen LogP contribution >= 0.6 is 0 Å². The van der Waals surface area contributed by atoms with Gasteiger partial charge in [0.25, 0.3) is 0 Å². The Kier molecular flexibility index (Phi) is 3.00. The summed E-state index contributed by atoms with van der Waals surface area (Å²) in [6.07, 6.45) is 1.63. The van der Waals surface area contributed by atoms with Gasteiger partial charge >= 0.3 is 5.95 Å². The Bertz CT molecular complexity index is 851. The highest BCUT2D eigenvalue weighted by atomic mass is 16.5. The smallest absolute Gasteiger partial charge is 0.312 e. The van der Waals surface area contributed by atoms with Crippen LogP contribution in [0.1, 0.15) is 17.7 Å². The summed E-state index contributed by atoms with van der Waals surface area (Å²) < 4.78 is 5.41. The van der Waals surface area contributed by atoms with Crippen molar-refractivity contribution in [1.82, 2.24) is 4.98 Å². The summed E-state index contributed by atoms with van der Waals surface area (Å²) in [6.45, 7) is 0. The summed E-state index contributed by atoms with van der Waals surface area (Å²) in [7, 11) is 0.